The van der Waals surface area contributed by atoms with Gasteiger partial charge in [0.2, 0.25) is 0 Å². The molecule has 4 nitrogen and oxygen atoms in total. The molecule has 0 saturated carbocycles. The summed E-state index contributed by atoms with van der Waals surface area (Å²) in [5.41, 5.74) is 2.74. The van der Waals surface area contributed by atoms with E-state index in [1.807, 2.05) is 60.8 Å². The predicted molar refractivity (Wildman–Crippen MR) is 96.1 cm³/mol. The molecule has 0 unspecified atom stereocenters. The number of H-pyrrole nitrogens is 1. The average molecular weight is 322 g/mol. The van der Waals surface area contributed by atoms with Crippen molar-refractivity contribution in [3.8, 4) is 0 Å². The summed E-state index contributed by atoms with van der Waals surface area (Å²) in [7, 11) is 0. The van der Waals surface area contributed by atoms with Crippen LogP contribution >= 0.6 is 0 Å². The van der Waals surface area contributed by atoms with Gasteiger partial charge >= 0.3 is 0 Å². The number of aliphatic hydroxyl groups is 1. The van der Waals surface area contributed by atoms with Crippen molar-refractivity contribution in [1.82, 2.24) is 10.3 Å². The Balaban J connectivity index is 1.74. The molecule has 0 aliphatic carbocycles. The highest BCUT2D eigenvalue weighted by molar-refractivity contribution is 6.06. The molecule has 0 bridgehead atoms. The Kier molecular flexibility index (Phi) is 4.96. The molecule has 1 heterocycles. The summed E-state index contributed by atoms with van der Waals surface area (Å²) >= 11 is 0. The van der Waals surface area contributed by atoms with Crippen molar-refractivity contribution in [3.63, 3.8) is 0 Å². The number of fused-ring (bicyclic) bond motifs is 1. The molecule has 3 N–H and O–H groups in total. The second-order valence-corrected chi connectivity index (χ2v) is 6.15. The molecule has 0 aliphatic heterocycles. The van der Waals surface area contributed by atoms with Crippen molar-refractivity contribution >= 4 is 16.8 Å². The fourth-order valence-corrected chi connectivity index (χ4v) is 3.07. The van der Waals surface area contributed by atoms with E-state index in [0.717, 1.165) is 16.5 Å². The van der Waals surface area contributed by atoms with E-state index in [0.29, 0.717) is 18.5 Å². The summed E-state index contributed by atoms with van der Waals surface area (Å²) in [6.07, 6.45) is 2.03. The lowest BCUT2D eigenvalue weighted by atomic mass is 9.93. The van der Waals surface area contributed by atoms with E-state index in [4.69, 9.17) is 0 Å². The van der Waals surface area contributed by atoms with Crippen LogP contribution in [0.25, 0.3) is 10.9 Å². The van der Waals surface area contributed by atoms with E-state index in [9.17, 15) is 9.90 Å². The molecule has 0 saturated heterocycles. The summed E-state index contributed by atoms with van der Waals surface area (Å²) in [6.45, 7) is 2.27. The SMILES string of the molecule is C[C@H](O)C[C@@H](CNC(=O)c1cccc2[nH]ccc12)c1ccccc1. The highest BCUT2D eigenvalue weighted by Crippen LogP contribution is 2.21. The Morgan fingerprint density at radius 1 is 1.12 bits per heavy atom. The van der Waals surface area contributed by atoms with Crippen LogP contribution in [0.3, 0.4) is 0 Å². The van der Waals surface area contributed by atoms with Crippen LogP contribution in [0.15, 0.2) is 60.8 Å². The van der Waals surface area contributed by atoms with Gasteiger partial charge in [0, 0.05) is 35.1 Å². The van der Waals surface area contributed by atoms with Crippen LogP contribution in [0.1, 0.15) is 35.2 Å². The van der Waals surface area contributed by atoms with Crippen LogP contribution in [-0.4, -0.2) is 28.6 Å². The standard InChI is InChI=1S/C20H22N2O2/c1-14(23)12-16(15-6-3-2-4-7-15)13-22-20(24)18-8-5-9-19-17(18)10-11-21-19/h2-11,14,16,21,23H,12-13H2,1H3,(H,22,24)/t14-,16-/m0/s1. The normalized spacial score (nSPS) is 13.6. The second kappa shape index (κ2) is 7.32. The molecule has 0 spiro atoms. The summed E-state index contributed by atoms with van der Waals surface area (Å²) in [5.74, 6) is -0.00713. The highest BCUT2D eigenvalue weighted by Gasteiger charge is 2.17. The van der Waals surface area contributed by atoms with Gasteiger partial charge in [-0.05, 0) is 37.1 Å². The average Bonchev–Trinajstić information content (AvgIpc) is 3.07. The van der Waals surface area contributed by atoms with E-state index < -0.39 is 6.10 Å². The van der Waals surface area contributed by atoms with E-state index in [-0.39, 0.29) is 11.8 Å². The third-order valence-electron chi connectivity index (χ3n) is 4.25. The first-order valence-corrected chi connectivity index (χ1v) is 8.22. The number of carbonyl (C=O) groups is 1. The molecule has 1 aromatic heterocycles. The molecule has 3 rings (SSSR count). The molecule has 4 heteroatoms. The minimum atomic E-state index is -0.416. The van der Waals surface area contributed by atoms with E-state index in [2.05, 4.69) is 10.3 Å². The lowest BCUT2D eigenvalue weighted by Gasteiger charge is -2.20. The van der Waals surface area contributed by atoms with Crippen LogP contribution in [0.5, 0.6) is 0 Å². The molecular weight excluding hydrogens is 300 g/mol. The molecule has 24 heavy (non-hydrogen) atoms. The number of benzene rings is 2. The summed E-state index contributed by atoms with van der Waals surface area (Å²) < 4.78 is 0. The van der Waals surface area contributed by atoms with E-state index >= 15 is 0 Å². The predicted octanol–water partition coefficient (Wildman–Crippen LogP) is 3.45. The van der Waals surface area contributed by atoms with Crippen molar-refractivity contribution in [2.45, 2.75) is 25.4 Å². The minimum absolute atomic E-state index is 0.0839. The summed E-state index contributed by atoms with van der Waals surface area (Å²) in [5, 5.41) is 13.7. The Morgan fingerprint density at radius 3 is 2.67 bits per heavy atom. The number of hydrogen-bond acceptors (Lipinski definition) is 2. The molecule has 1 amide bonds. The summed E-state index contributed by atoms with van der Waals surface area (Å²) in [6, 6.07) is 17.6. The molecule has 2 atom stereocenters. The lowest BCUT2D eigenvalue weighted by molar-refractivity contribution is 0.0947. The van der Waals surface area contributed by atoms with Crippen molar-refractivity contribution in [1.29, 1.82) is 0 Å². The van der Waals surface area contributed by atoms with Gasteiger partial charge in [-0.3, -0.25) is 4.79 Å². The number of hydrogen-bond donors (Lipinski definition) is 3. The Hall–Kier alpha value is -2.59. The quantitative estimate of drug-likeness (QED) is 0.651. The van der Waals surface area contributed by atoms with Crippen LogP contribution < -0.4 is 5.32 Å². The zero-order valence-corrected chi connectivity index (χ0v) is 13.7. The first kappa shape index (κ1) is 16.3. The zero-order chi connectivity index (χ0) is 16.9. The van der Waals surface area contributed by atoms with Gasteiger partial charge in [-0.1, -0.05) is 36.4 Å². The molecule has 2 aromatic carbocycles. The molecule has 3 aromatic rings. The van der Waals surface area contributed by atoms with E-state index in [1.165, 1.54) is 0 Å². The van der Waals surface area contributed by atoms with Crippen LogP contribution in [0.4, 0.5) is 0 Å². The van der Waals surface area contributed by atoms with Gasteiger partial charge in [0.05, 0.1) is 6.10 Å². The van der Waals surface area contributed by atoms with Gasteiger partial charge in [-0.2, -0.15) is 0 Å². The maximum Gasteiger partial charge on any atom is 0.251 e. The van der Waals surface area contributed by atoms with Crippen LogP contribution in [0, 0.1) is 0 Å². The number of rotatable bonds is 6. The van der Waals surface area contributed by atoms with Gasteiger partial charge in [-0.25, -0.2) is 0 Å². The first-order valence-electron chi connectivity index (χ1n) is 8.22. The van der Waals surface area contributed by atoms with Crippen molar-refractivity contribution in [2.75, 3.05) is 6.54 Å². The smallest absolute Gasteiger partial charge is 0.251 e. The number of aromatic nitrogens is 1. The number of amides is 1. The van der Waals surface area contributed by atoms with Gasteiger partial charge in [0.25, 0.3) is 5.91 Å². The molecule has 0 radical (unpaired) electrons. The first-order chi connectivity index (χ1) is 11.6. The Morgan fingerprint density at radius 2 is 1.92 bits per heavy atom. The van der Waals surface area contributed by atoms with Gasteiger partial charge in [0.15, 0.2) is 0 Å². The van der Waals surface area contributed by atoms with Crippen molar-refractivity contribution in [2.24, 2.45) is 0 Å². The monoisotopic (exact) mass is 322 g/mol. The number of carbonyl (C=O) groups excluding carboxylic acids is 1. The summed E-state index contributed by atoms with van der Waals surface area (Å²) in [4.78, 5) is 15.7. The fraction of sp³-hybridized carbons (Fsp3) is 0.250. The third-order valence-corrected chi connectivity index (χ3v) is 4.25. The van der Waals surface area contributed by atoms with Crippen molar-refractivity contribution < 1.29 is 9.90 Å². The van der Waals surface area contributed by atoms with Gasteiger partial charge in [-0.15, -0.1) is 0 Å². The largest absolute Gasteiger partial charge is 0.393 e. The zero-order valence-electron chi connectivity index (χ0n) is 13.7. The molecular formula is C20H22N2O2. The maximum atomic E-state index is 12.6. The molecule has 0 fully saturated rings. The van der Waals surface area contributed by atoms with Crippen LogP contribution in [0.2, 0.25) is 0 Å². The molecule has 0 aliphatic rings. The maximum absolute atomic E-state index is 12.6. The van der Waals surface area contributed by atoms with Gasteiger partial charge in [0.1, 0.15) is 0 Å². The minimum Gasteiger partial charge on any atom is -0.393 e. The number of aromatic amines is 1. The third kappa shape index (κ3) is 3.66. The molecule has 124 valence electrons. The van der Waals surface area contributed by atoms with Gasteiger partial charge < -0.3 is 15.4 Å². The number of aliphatic hydroxyl groups excluding tert-OH is 1. The fourth-order valence-electron chi connectivity index (χ4n) is 3.07. The van der Waals surface area contributed by atoms with Crippen molar-refractivity contribution in [3.05, 3.63) is 71.9 Å². The topological polar surface area (TPSA) is 65.1 Å². The Bertz CT molecular complexity index is 809. The lowest BCUT2D eigenvalue weighted by Crippen LogP contribution is -2.29. The number of nitrogens with one attached hydrogen (secondary N) is 2. The van der Waals surface area contributed by atoms with Crippen LogP contribution in [-0.2, 0) is 0 Å². The van der Waals surface area contributed by atoms with E-state index in [1.54, 1.807) is 6.92 Å². The Labute approximate surface area is 141 Å². The second-order valence-electron chi connectivity index (χ2n) is 6.15. The highest BCUT2D eigenvalue weighted by atomic mass is 16.3.